The molecule has 3 aliphatic rings. The number of benzene rings is 1. The molecule has 0 radical (unpaired) electrons. The number of thiophene rings is 8. The molecule has 19 heteroatoms. The second-order valence-electron chi connectivity index (χ2n) is 27.9. The summed E-state index contributed by atoms with van der Waals surface area (Å²) < 4.78 is 0. The zero-order valence-electron chi connectivity index (χ0n) is 60.8. The highest BCUT2D eigenvalue weighted by Gasteiger charge is 2.59. The number of nitrogens with zero attached hydrogens (tertiary/aromatic N) is 2. The van der Waals surface area contributed by atoms with Gasteiger partial charge in [-0.2, -0.15) is 0 Å². The van der Waals surface area contributed by atoms with Crippen LogP contribution in [0.2, 0.25) is 0 Å². The number of rotatable bonds is 41. The number of aliphatic hydroxyl groups is 2. The highest BCUT2D eigenvalue weighted by Crippen LogP contribution is 2.50. The minimum absolute atomic E-state index is 0.0864. The number of ketones is 3. The van der Waals surface area contributed by atoms with Crippen molar-refractivity contribution < 1.29 is 39.0 Å². The van der Waals surface area contributed by atoms with Crippen LogP contribution >= 0.6 is 90.7 Å². The summed E-state index contributed by atoms with van der Waals surface area (Å²) in [5, 5.41) is 38.0. The van der Waals surface area contributed by atoms with Gasteiger partial charge in [0.2, 0.25) is 0 Å². The number of hydrogen-bond acceptors (Lipinski definition) is 16. The van der Waals surface area contributed by atoms with Gasteiger partial charge in [0.25, 0.3) is 17.7 Å². The Hall–Kier alpha value is -6.10. The predicted octanol–water partition coefficient (Wildman–Crippen LogP) is 21.8. The first-order chi connectivity index (χ1) is 50.7. The molecule has 104 heavy (non-hydrogen) atoms. The van der Waals surface area contributed by atoms with Gasteiger partial charge in [0.1, 0.15) is 11.6 Å². The third-order valence-electron chi connectivity index (χ3n) is 20.5. The first-order valence-corrected chi connectivity index (χ1v) is 45.0. The summed E-state index contributed by atoms with van der Waals surface area (Å²) in [6, 6.07) is 36.2. The van der Waals surface area contributed by atoms with Crippen LogP contribution in [0.5, 0.6) is 0 Å². The lowest BCUT2D eigenvalue weighted by Gasteiger charge is -2.41. The standard InChI is InChI=1S/C43H55NO6S4.C42H46N2O2S4/c1-3-5-7-9-11-12-14-20-38(47)42(49,39-23-21-36(53-39)34-18-16-26-51-34)30-28-33(46)31(29-32(30)45)43(50,41(48)44-25-15-13-10-8-6-4-2)40-24-22-37(54-40)35-19-17-27-52-35;1-3-5-7-9-11-13-23-43-31-27-30-32(28-29(31)39(41(43)45)37-21-19-35(49-37)33-17-15-25-47-33)44(24-14-12-10-8-6-4-2)42(46)40(30)38-22-20-36(50-38)34-18-16-26-48-34/h16-19,21-24,26-27,30-31,49-50H,3-15,20,25,28-29H2,1-2H3,(H,44,48);15-22,25-28H,3-14,23-24H2,1-2H3. The molecule has 2 aliphatic heterocycles. The number of fused-ring (bicyclic) bond motifs is 2. The van der Waals surface area contributed by atoms with E-state index in [1.54, 1.807) is 68.8 Å². The van der Waals surface area contributed by atoms with Crippen molar-refractivity contribution in [2.75, 3.05) is 29.4 Å². The molecule has 1 saturated carbocycles. The molecule has 0 bridgehead atoms. The second-order valence-corrected chi connectivity index (χ2v) is 36.1. The van der Waals surface area contributed by atoms with E-state index in [9.17, 15) is 39.0 Å². The Bertz CT molecular complexity index is 4120. The predicted molar refractivity (Wildman–Crippen MR) is 441 cm³/mol. The van der Waals surface area contributed by atoms with E-state index in [2.05, 4.69) is 104 Å². The first kappa shape index (κ1) is 79.0. The zero-order chi connectivity index (χ0) is 73.0. The van der Waals surface area contributed by atoms with E-state index in [1.165, 1.54) is 111 Å². The normalized spacial score (nSPS) is 16.3. The van der Waals surface area contributed by atoms with Crippen molar-refractivity contribution in [2.24, 2.45) is 11.8 Å². The van der Waals surface area contributed by atoms with Gasteiger partial charge in [-0.25, -0.2) is 0 Å². The SMILES string of the molecule is CCCCCCCCCC(=O)C(O)(c1ccc(-c2cccs2)s1)C1CC(=O)C(C(O)(C(=O)NCCCCCCCC)c2ccc(-c3cccs3)s2)CC1=O.CCCCCCCCN1C(=O)C(c2ccc(-c3cccs3)s2)=c2cc3c(cc21)=C(c1ccc(-c2cccs2)s1)C(=O)N3CCCCCCCC. The molecule has 1 aromatic carbocycles. The first-order valence-electron chi connectivity index (χ1n) is 38.2. The average Bonchev–Trinajstić information content (AvgIpc) is 1.76. The summed E-state index contributed by atoms with van der Waals surface area (Å²) in [5.41, 5.74) is -1.05. The van der Waals surface area contributed by atoms with Crippen LogP contribution in [0.1, 0.15) is 227 Å². The van der Waals surface area contributed by atoms with Crippen LogP contribution in [-0.4, -0.2) is 64.9 Å². The molecule has 8 aromatic heterocycles. The lowest BCUT2D eigenvalue weighted by molar-refractivity contribution is -0.167. The molecule has 0 spiro atoms. The van der Waals surface area contributed by atoms with Crippen molar-refractivity contribution in [1.29, 1.82) is 0 Å². The van der Waals surface area contributed by atoms with Gasteiger partial charge in [-0.05, 0) is 132 Å². The molecule has 11 nitrogen and oxygen atoms in total. The Morgan fingerprint density at radius 1 is 0.404 bits per heavy atom. The lowest BCUT2D eigenvalue weighted by Crippen LogP contribution is -2.57. The number of unbranched alkanes of at least 4 members (excludes halogenated alkanes) is 21. The van der Waals surface area contributed by atoms with E-state index in [0.29, 0.717) is 35.8 Å². The lowest BCUT2D eigenvalue weighted by atomic mass is 9.65. The van der Waals surface area contributed by atoms with Crippen molar-refractivity contribution >= 4 is 148 Å². The van der Waals surface area contributed by atoms with Crippen molar-refractivity contribution in [1.82, 2.24) is 5.32 Å². The van der Waals surface area contributed by atoms with Gasteiger partial charge in [0.15, 0.2) is 17.0 Å². The van der Waals surface area contributed by atoms with Crippen LogP contribution in [-0.2, 0) is 40.0 Å². The molecule has 10 heterocycles. The number of carbonyl (C=O) groups excluding carboxylic acids is 6. The number of nitrogens with one attached hydrogen (secondary N) is 1. The minimum atomic E-state index is -2.30. The van der Waals surface area contributed by atoms with Crippen molar-refractivity contribution in [2.45, 2.75) is 219 Å². The van der Waals surface area contributed by atoms with E-state index < -0.39 is 59.1 Å². The Balaban J connectivity index is 0.000000209. The molecule has 1 fully saturated rings. The highest BCUT2D eigenvalue weighted by molar-refractivity contribution is 7.23. The monoisotopic (exact) mass is 1550 g/mol. The second kappa shape index (κ2) is 38.6. The van der Waals surface area contributed by atoms with Crippen LogP contribution in [0.15, 0.2) is 131 Å². The molecule has 9 aromatic rings. The van der Waals surface area contributed by atoms with Gasteiger partial charge in [0, 0.05) is 108 Å². The Labute approximate surface area is 646 Å². The molecule has 3 amide bonds. The van der Waals surface area contributed by atoms with Crippen LogP contribution in [0, 0.1) is 11.8 Å². The topological polar surface area (TPSA) is 161 Å². The van der Waals surface area contributed by atoms with E-state index in [0.717, 1.165) is 159 Å². The minimum Gasteiger partial charge on any atom is -0.376 e. The van der Waals surface area contributed by atoms with Gasteiger partial charge in [0.05, 0.1) is 34.4 Å². The van der Waals surface area contributed by atoms with E-state index in [1.807, 2.05) is 57.0 Å². The summed E-state index contributed by atoms with van der Waals surface area (Å²) in [4.78, 5) is 101. The number of carbonyl (C=O) groups is 6. The zero-order valence-corrected chi connectivity index (χ0v) is 67.3. The maximum Gasteiger partial charge on any atom is 0.260 e. The number of amides is 3. The van der Waals surface area contributed by atoms with Crippen molar-refractivity contribution in [3.8, 4) is 39.0 Å². The number of hydrogen-bond donors (Lipinski definition) is 3. The maximum absolute atomic E-state index is 14.5. The molecule has 12 rings (SSSR count). The summed E-state index contributed by atoms with van der Waals surface area (Å²) in [6.45, 7) is 10.5. The molecule has 4 atom stereocenters. The van der Waals surface area contributed by atoms with Gasteiger partial charge in [-0.3, -0.25) is 28.8 Å². The summed E-state index contributed by atoms with van der Waals surface area (Å²) >= 11 is 12.4. The fourth-order valence-corrected chi connectivity index (χ4v) is 22.5. The van der Waals surface area contributed by atoms with Crippen LogP contribution in [0.4, 0.5) is 11.4 Å². The van der Waals surface area contributed by atoms with Gasteiger partial charge < -0.3 is 25.3 Å². The fraction of sp³-hybridized carbons (Fsp3) is 0.459. The van der Waals surface area contributed by atoms with Gasteiger partial charge >= 0.3 is 0 Å². The highest BCUT2D eigenvalue weighted by atomic mass is 32.1. The van der Waals surface area contributed by atoms with Gasteiger partial charge in [-0.15, -0.1) is 90.7 Å². The van der Waals surface area contributed by atoms with Crippen molar-refractivity contribution in [3.63, 3.8) is 0 Å². The molecular formula is C85H101N3O8S8. The Morgan fingerprint density at radius 2 is 0.740 bits per heavy atom. The fourth-order valence-electron chi connectivity index (χ4n) is 14.7. The third kappa shape index (κ3) is 18.5. The number of anilines is 2. The molecule has 552 valence electrons. The molecular weight excluding hydrogens is 1450 g/mol. The third-order valence-corrected chi connectivity index (χ3v) is 29.4. The summed E-state index contributed by atoms with van der Waals surface area (Å²) in [6.07, 6.45) is 26.3. The summed E-state index contributed by atoms with van der Waals surface area (Å²) in [7, 11) is 0. The quantitative estimate of drug-likeness (QED) is 0.0319. The largest absolute Gasteiger partial charge is 0.376 e. The van der Waals surface area contributed by atoms with E-state index in [4.69, 9.17) is 0 Å². The molecule has 3 N–H and O–H groups in total. The average molecular weight is 1550 g/mol. The molecule has 1 aliphatic carbocycles. The molecule has 0 saturated heterocycles. The maximum atomic E-state index is 14.5. The summed E-state index contributed by atoms with van der Waals surface area (Å²) in [5.74, 6) is -4.71. The Morgan fingerprint density at radius 3 is 1.13 bits per heavy atom. The van der Waals surface area contributed by atoms with Crippen LogP contribution in [0.25, 0.3) is 50.2 Å². The van der Waals surface area contributed by atoms with Crippen LogP contribution in [0.3, 0.4) is 0 Å². The Kier molecular flexibility index (Phi) is 29.3. The van der Waals surface area contributed by atoms with Crippen molar-refractivity contribution in [3.05, 3.63) is 161 Å². The van der Waals surface area contributed by atoms with E-state index >= 15 is 0 Å². The van der Waals surface area contributed by atoms with Gasteiger partial charge in [-0.1, -0.05) is 187 Å². The van der Waals surface area contributed by atoms with E-state index in [-0.39, 0.29) is 18.2 Å². The smallest absolute Gasteiger partial charge is 0.260 e. The number of Topliss-reactive ketones (excluding diaryl/α,β-unsaturated/α-hetero) is 3. The van der Waals surface area contributed by atoms with Crippen LogP contribution < -0.4 is 25.6 Å². The molecule has 4 unspecified atom stereocenters.